The molecule has 104 valence electrons. The molecule has 5 unspecified atom stereocenters. The summed E-state index contributed by atoms with van der Waals surface area (Å²) in [6.45, 7) is 6.49. The van der Waals surface area contributed by atoms with Gasteiger partial charge in [-0.1, -0.05) is 32.4 Å². The van der Waals surface area contributed by atoms with Crippen LogP contribution in [0.1, 0.15) is 46.5 Å². The number of nitrogens with one attached hydrogen (secondary N) is 1. The van der Waals surface area contributed by atoms with Crippen molar-refractivity contribution in [2.75, 3.05) is 0 Å². The summed E-state index contributed by atoms with van der Waals surface area (Å²) < 4.78 is 0. The second-order valence-electron chi connectivity index (χ2n) is 5.31. The number of rotatable bonds is 7. The first-order valence-electron chi connectivity index (χ1n) is 6.82. The largest absolute Gasteiger partial charge is 0.356 e. The Balaban J connectivity index is 2.42. The fourth-order valence-electron chi connectivity index (χ4n) is 2.57. The molecule has 0 aromatic rings. The highest BCUT2D eigenvalue weighted by Crippen LogP contribution is 2.31. The van der Waals surface area contributed by atoms with Gasteiger partial charge in [-0.25, -0.2) is 0 Å². The van der Waals surface area contributed by atoms with Gasteiger partial charge in [-0.05, 0) is 37.5 Å². The predicted octanol–water partition coefficient (Wildman–Crippen LogP) is 3.35. The summed E-state index contributed by atoms with van der Waals surface area (Å²) in [5, 5.41) is 11.3. The van der Waals surface area contributed by atoms with Crippen molar-refractivity contribution in [3.8, 4) is 0 Å². The van der Waals surface area contributed by atoms with Gasteiger partial charge >= 0.3 is 0 Å². The van der Waals surface area contributed by atoms with Crippen molar-refractivity contribution in [1.29, 1.82) is 0 Å². The van der Waals surface area contributed by atoms with E-state index in [1.807, 2.05) is 0 Å². The summed E-state index contributed by atoms with van der Waals surface area (Å²) in [5.41, 5.74) is -0.149. The van der Waals surface area contributed by atoms with Gasteiger partial charge in [0.05, 0.1) is 6.04 Å². The highest BCUT2D eigenvalue weighted by Gasteiger charge is 2.29. The Bertz CT molecular complexity index is 285. The van der Waals surface area contributed by atoms with Gasteiger partial charge < -0.3 is 5.32 Å². The van der Waals surface area contributed by atoms with E-state index in [2.05, 4.69) is 36.3 Å². The lowest BCUT2D eigenvalue weighted by molar-refractivity contribution is -0.110. The van der Waals surface area contributed by atoms with Crippen molar-refractivity contribution in [1.82, 2.24) is 5.32 Å². The third-order valence-corrected chi connectivity index (χ3v) is 4.09. The van der Waals surface area contributed by atoms with Crippen LogP contribution in [0.25, 0.3) is 0 Å². The van der Waals surface area contributed by atoms with E-state index < -0.39 is 0 Å². The molecule has 0 saturated carbocycles. The smallest absolute Gasteiger partial charge is 0.207 e. The normalized spacial score (nSPS) is 30.8. The molecular weight excluding hydrogens is 250 g/mol. The Hall–Kier alpha value is -0.640. The van der Waals surface area contributed by atoms with E-state index in [9.17, 15) is 4.79 Å². The molecule has 1 heterocycles. The van der Waals surface area contributed by atoms with Crippen LogP contribution in [0.15, 0.2) is 10.2 Å². The highest BCUT2D eigenvalue weighted by atomic mass is 35.5. The van der Waals surface area contributed by atoms with Crippen LogP contribution >= 0.6 is 11.6 Å². The minimum absolute atomic E-state index is 0.149. The van der Waals surface area contributed by atoms with Crippen molar-refractivity contribution >= 4 is 18.0 Å². The third kappa shape index (κ3) is 4.56. The van der Waals surface area contributed by atoms with Crippen molar-refractivity contribution < 1.29 is 4.79 Å². The molecule has 1 aliphatic rings. The van der Waals surface area contributed by atoms with E-state index >= 15 is 0 Å². The van der Waals surface area contributed by atoms with E-state index in [1.165, 1.54) is 0 Å². The van der Waals surface area contributed by atoms with Crippen LogP contribution < -0.4 is 5.32 Å². The molecule has 18 heavy (non-hydrogen) atoms. The second-order valence-corrected chi connectivity index (χ2v) is 5.82. The Morgan fingerprint density at radius 1 is 1.44 bits per heavy atom. The molecule has 1 aliphatic heterocycles. The summed E-state index contributed by atoms with van der Waals surface area (Å²) in [5.74, 6) is 0.967. The summed E-state index contributed by atoms with van der Waals surface area (Å²) in [6, 6.07) is 0.551. The predicted molar refractivity (Wildman–Crippen MR) is 73.7 cm³/mol. The molecule has 1 amide bonds. The van der Waals surface area contributed by atoms with Gasteiger partial charge in [0.2, 0.25) is 6.41 Å². The lowest BCUT2D eigenvalue weighted by atomic mass is 9.84. The number of carbonyl (C=O) groups excluding carboxylic acids is 1. The van der Waals surface area contributed by atoms with E-state index in [4.69, 9.17) is 11.6 Å². The standard InChI is InChI=1S/C13H24ClN3O/c1-4-11(15-8-18)6-5-9(2)13-10(3)7-12(14)16-17-13/h8-13H,4-7H2,1-3H3,(H,15,18). The van der Waals surface area contributed by atoms with Crippen LogP contribution in [-0.2, 0) is 4.79 Å². The molecular formula is C13H24ClN3O. The molecule has 0 aliphatic carbocycles. The van der Waals surface area contributed by atoms with Gasteiger partial charge in [0.1, 0.15) is 5.50 Å². The first kappa shape index (κ1) is 15.4. The molecule has 0 fully saturated rings. The fourth-order valence-corrected chi connectivity index (χ4v) is 2.90. The maximum atomic E-state index is 10.4. The first-order chi connectivity index (χ1) is 8.58. The molecule has 0 spiro atoms. The van der Waals surface area contributed by atoms with Gasteiger partial charge in [0.15, 0.2) is 0 Å². The highest BCUT2D eigenvalue weighted by molar-refractivity contribution is 6.20. The number of amides is 1. The first-order valence-corrected chi connectivity index (χ1v) is 7.25. The van der Waals surface area contributed by atoms with Crippen molar-refractivity contribution in [3.63, 3.8) is 0 Å². The lowest BCUT2D eigenvalue weighted by Gasteiger charge is -2.30. The zero-order valence-electron chi connectivity index (χ0n) is 11.5. The monoisotopic (exact) mass is 273 g/mol. The molecule has 5 heteroatoms. The summed E-state index contributed by atoms with van der Waals surface area (Å²) in [7, 11) is 0. The molecule has 1 rings (SSSR count). The number of carbonyl (C=O) groups is 1. The maximum Gasteiger partial charge on any atom is 0.207 e. The van der Waals surface area contributed by atoms with Crippen molar-refractivity contribution in [2.24, 2.45) is 22.1 Å². The van der Waals surface area contributed by atoms with Crippen molar-refractivity contribution in [3.05, 3.63) is 0 Å². The van der Waals surface area contributed by atoms with Crippen LogP contribution in [0.4, 0.5) is 0 Å². The van der Waals surface area contributed by atoms with Crippen LogP contribution in [-0.4, -0.2) is 24.0 Å². The molecule has 1 N–H and O–H groups in total. The number of hydrogen-bond acceptors (Lipinski definition) is 3. The summed E-state index contributed by atoms with van der Waals surface area (Å²) in [4.78, 5) is 10.4. The number of halogens is 1. The molecule has 0 bridgehead atoms. The van der Waals surface area contributed by atoms with Crippen LogP contribution in [0.5, 0.6) is 0 Å². The van der Waals surface area contributed by atoms with Crippen LogP contribution in [0.3, 0.4) is 0 Å². The van der Waals surface area contributed by atoms with E-state index in [-0.39, 0.29) is 17.6 Å². The van der Waals surface area contributed by atoms with E-state index in [1.54, 1.807) is 0 Å². The quantitative estimate of drug-likeness (QED) is 0.432. The molecule has 0 aromatic heterocycles. The Labute approximate surface area is 115 Å². The average Bonchev–Trinajstić information content (AvgIpc) is 2.34. The van der Waals surface area contributed by atoms with Gasteiger partial charge in [-0.2, -0.15) is 10.2 Å². The SMILES string of the molecule is CCC(CCC(C)C1N=NC(Cl)CC1C)NC=O. The number of hydrogen-bond donors (Lipinski definition) is 1. The number of nitrogens with zero attached hydrogens (tertiary/aromatic N) is 2. The van der Waals surface area contributed by atoms with Gasteiger partial charge in [-0.3, -0.25) is 4.79 Å². The minimum Gasteiger partial charge on any atom is -0.356 e. The molecule has 0 saturated heterocycles. The molecule has 0 radical (unpaired) electrons. The summed E-state index contributed by atoms with van der Waals surface area (Å²) in [6.07, 6.45) is 4.72. The van der Waals surface area contributed by atoms with Gasteiger partial charge in [0.25, 0.3) is 0 Å². The third-order valence-electron chi connectivity index (χ3n) is 3.82. The van der Waals surface area contributed by atoms with Gasteiger partial charge in [0, 0.05) is 6.04 Å². The molecule has 0 aromatic carbocycles. The fraction of sp³-hybridized carbons (Fsp3) is 0.923. The van der Waals surface area contributed by atoms with Crippen LogP contribution in [0, 0.1) is 11.8 Å². The lowest BCUT2D eigenvalue weighted by Crippen LogP contribution is -2.31. The Kier molecular flexibility index (Phi) is 6.61. The minimum atomic E-state index is -0.149. The topological polar surface area (TPSA) is 53.8 Å². The van der Waals surface area contributed by atoms with Crippen LogP contribution in [0.2, 0.25) is 0 Å². The zero-order valence-corrected chi connectivity index (χ0v) is 12.2. The maximum absolute atomic E-state index is 10.4. The molecule has 4 nitrogen and oxygen atoms in total. The summed E-state index contributed by atoms with van der Waals surface area (Å²) >= 11 is 5.96. The number of azo groups is 1. The average molecular weight is 274 g/mol. The molecule has 5 atom stereocenters. The van der Waals surface area contributed by atoms with Crippen molar-refractivity contribution in [2.45, 2.75) is 64.0 Å². The van der Waals surface area contributed by atoms with E-state index in [0.29, 0.717) is 11.8 Å². The van der Waals surface area contributed by atoms with Gasteiger partial charge in [-0.15, -0.1) is 0 Å². The number of alkyl halides is 1. The zero-order chi connectivity index (χ0) is 13.5. The Morgan fingerprint density at radius 3 is 2.72 bits per heavy atom. The second kappa shape index (κ2) is 7.72. The van der Waals surface area contributed by atoms with E-state index in [0.717, 1.165) is 32.1 Å². The Morgan fingerprint density at radius 2 is 2.17 bits per heavy atom.